The van der Waals surface area contributed by atoms with E-state index >= 15 is 0 Å². The van der Waals surface area contributed by atoms with Crippen LogP contribution in [-0.4, -0.2) is 54.5 Å². The van der Waals surface area contributed by atoms with Crippen LogP contribution in [0.15, 0.2) is 25.2 Å². The number of amides is 1. The molecule has 13 heteroatoms. The number of carbonyl (C=O) groups excluding carboxylic acids is 1. The number of primary amides is 1. The van der Waals surface area contributed by atoms with Crippen LogP contribution in [-0.2, 0) is 18.4 Å². The summed E-state index contributed by atoms with van der Waals surface area (Å²) in [7, 11) is 1.87. The number of fused-ring (bicyclic) bond motifs is 1. The van der Waals surface area contributed by atoms with Crippen molar-refractivity contribution in [2.24, 2.45) is 12.8 Å². The Morgan fingerprint density at radius 1 is 1.52 bits per heavy atom. The molecule has 31 heavy (non-hydrogen) atoms. The Labute approximate surface area is 192 Å². The number of nitrogens with zero attached hydrogens (tertiary/aromatic N) is 7. The zero-order valence-corrected chi connectivity index (χ0v) is 19.3. The quantitative estimate of drug-likeness (QED) is 0.358. The Morgan fingerprint density at radius 2 is 2.26 bits per heavy atom. The van der Waals surface area contributed by atoms with E-state index in [1.165, 1.54) is 0 Å². The molecule has 0 aliphatic carbocycles. The highest BCUT2D eigenvalue weighted by Gasteiger charge is 2.26. The number of hydrogen-bond donors (Lipinski definition) is 2. The van der Waals surface area contributed by atoms with E-state index in [0.717, 1.165) is 6.08 Å². The van der Waals surface area contributed by atoms with Crippen LogP contribution in [0.4, 0.5) is 21.8 Å². The van der Waals surface area contributed by atoms with Gasteiger partial charge in [-0.1, -0.05) is 6.58 Å². The lowest BCUT2D eigenvalue weighted by Crippen LogP contribution is -2.23. The number of hydrogen-bond acceptors (Lipinski definition) is 8. The zero-order chi connectivity index (χ0) is 22.5. The van der Waals surface area contributed by atoms with E-state index in [0.29, 0.717) is 60.6 Å². The van der Waals surface area contributed by atoms with Crippen molar-refractivity contribution >= 4 is 57.5 Å². The number of aromatic nitrogens is 6. The van der Waals surface area contributed by atoms with Crippen molar-refractivity contribution in [2.75, 3.05) is 23.3 Å². The molecule has 1 aliphatic rings. The molecule has 166 valence electrons. The second-order valence-electron chi connectivity index (χ2n) is 6.74. The van der Waals surface area contributed by atoms with E-state index in [9.17, 15) is 9.18 Å². The second kappa shape index (κ2) is 9.89. The van der Waals surface area contributed by atoms with Gasteiger partial charge in [0.05, 0.1) is 19.1 Å². The molecule has 4 rings (SSSR count). The summed E-state index contributed by atoms with van der Waals surface area (Å²) in [5, 5.41) is 7.58. The van der Waals surface area contributed by atoms with Gasteiger partial charge in [-0.25, -0.2) is 9.37 Å². The standard InChI is InChI=1S/C15H18FIN8O.C3H5NO/c1-3-25-7-10(14(22-25)26-17)19-12-11-13(23(2)8-18-11)21-15(20-12)24-5-4-9(16)6-24;1-2-3(4)5/h7-9H,3-6H2,1-2H3,(H,19,20,21);2H,1H2,(H2,4,5). The van der Waals surface area contributed by atoms with Gasteiger partial charge in [0.1, 0.15) is 11.9 Å². The van der Waals surface area contributed by atoms with Gasteiger partial charge in [-0.2, -0.15) is 9.97 Å². The van der Waals surface area contributed by atoms with E-state index < -0.39 is 12.1 Å². The van der Waals surface area contributed by atoms with E-state index in [-0.39, 0.29) is 0 Å². The molecule has 1 atom stereocenters. The van der Waals surface area contributed by atoms with Gasteiger partial charge < -0.3 is 23.6 Å². The summed E-state index contributed by atoms with van der Waals surface area (Å²) < 4.78 is 22.5. The molecule has 1 amide bonds. The third kappa shape index (κ3) is 5.21. The van der Waals surface area contributed by atoms with Crippen LogP contribution in [0.5, 0.6) is 5.88 Å². The molecule has 0 saturated carbocycles. The van der Waals surface area contributed by atoms with Crippen molar-refractivity contribution in [3.05, 3.63) is 25.2 Å². The second-order valence-corrected chi connectivity index (χ2v) is 7.18. The Bertz CT molecular complexity index is 1080. The average molecular weight is 543 g/mol. The molecule has 1 saturated heterocycles. The molecule has 0 spiro atoms. The minimum absolute atomic E-state index is 0.304. The lowest BCUT2D eigenvalue weighted by Gasteiger charge is -2.16. The van der Waals surface area contributed by atoms with Crippen molar-refractivity contribution in [3.63, 3.8) is 0 Å². The molecule has 0 radical (unpaired) electrons. The molecular formula is C18H23FIN9O2. The van der Waals surface area contributed by atoms with E-state index in [4.69, 9.17) is 3.07 Å². The van der Waals surface area contributed by atoms with Gasteiger partial charge in [0.25, 0.3) is 5.88 Å². The number of carbonyl (C=O) groups is 1. The minimum Gasteiger partial charge on any atom is -0.404 e. The largest absolute Gasteiger partial charge is 0.404 e. The van der Waals surface area contributed by atoms with Crippen molar-refractivity contribution in [1.29, 1.82) is 0 Å². The summed E-state index contributed by atoms with van der Waals surface area (Å²) in [6.45, 7) is 6.70. The fourth-order valence-corrected chi connectivity index (χ4v) is 3.28. The fourth-order valence-electron chi connectivity index (χ4n) is 2.96. The third-order valence-corrected chi connectivity index (χ3v) is 4.96. The highest BCUT2D eigenvalue weighted by atomic mass is 127. The van der Waals surface area contributed by atoms with Gasteiger partial charge in [0, 0.05) is 20.1 Å². The van der Waals surface area contributed by atoms with Crippen LogP contribution < -0.4 is 19.0 Å². The minimum atomic E-state index is -0.848. The normalized spacial score (nSPS) is 15.5. The van der Waals surface area contributed by atoms with Crippen LogP contribution in [0.25, 0.3) is 11.2 Å². The number of anilines is 3. The number of halogens is 2. The third-order valence-electron chi connectivity index (χ3n) is 4.54. The maximum atomic E-state index is 13.6. The number of rotatable bonds is 6. The van der Waals surface area contributed by atoms with Crippen LogP contribution in [0, 0.1) is 0 Å². The summed E-state index contributed by atoms with van der Waals surface area (Å²) in [6.07, 6.45) is 4.23. The van der Waals surface area contributed by atoms with Crippen molar-refractivity contribution in [2.45, 2.75) is 26.1 Å². The average Bonchev–Trinajstić information content (AvgIpc) is 3.47. The molecule has 3 N–H and O–H groups in total. The predicted octanol–water partition coefficient (Wildman–Crippen LogP) is 2.26. The van der Waals surface area contributed by atoms with Gasteiger partial charge >= 0.3 is 0 Å². The first-order valence-corrected chi connectivity index (χ1v) is 10.4. The topological polar surface area (TPSA) is 129 Å². The smallest absolute Gasteiger partial charge is 0.266 e. The number of imidazole rings is 1. The van der Waals surface area contributed by atoms with Crippen molar-refractivity contribution in [3.8, 4) is 5.88 Å². The Hall–Kier alpha value is -2.97. The number of nitrogens with one attached hydrogen (secondary N) is 1. The van der Waals surface area contributed by atoms with Crippen LogP contribution >= 0.6 is 23.0 Å². The summed E-state index contributed by atoms with van der Waals surface area (Å²) in [4.78, 5) is 24.9. The lowest BCUT2D eigenvalue weighted by atomic mass is 10.3. The van der Waals surface area contributed by atoms with Gasteiger partial charge in [0.2, 0.25) is 11.9 Å². The molecule has 11 nitrogen and oxygen atoms in total. The molecule has 3 aromatic heterocycles. The first-order valence-electron chi connectivity index (χ1n) is 9.49. The molecule has 3 aromatic rings. The molecule has 0 bridgehead atoms. The summed E-state index contributed by atoms with van der Waals surface area (Å²) >= 11 is 1.80. The summed E-state index contributed by atoms with van der Waals surface area (Å²) in [5.74, 6) is 1.01. The predicted molar refractivity (Wildman–Crippen MR) is 123 cm³/mol. The molecule has 4 heterocycles. The van der Waals surface area contributed by atoms with E-state index in [2.05, 4.69) is 37.7 Å². The Kier molecular flexibility index (Phi) is 7.25. The van der Waals surface area contributed by atoms with Crippen molar-refractivity contribution in [1.82, 2.24) is 29.3 Å². The van der Waals surface area contributed by atoms with Gasteiger partial charge in [-0.05, 0) is 19.4 Å². The van der Waals surface area contributed by atoms with Crippen LogP contribution in [0.1, 0.15) is 13.3 Å². The lowest BCUT2D eigenvalue weighted by molar-refractivity contribution is -0.113. The van der Waals surface area contributed by atoms with Gasteiger partial charge in [0.15, 0.2) is 40.0 Å². The maximum absolute atomic E-state index is 13.6. The van der Waals surface area contributed by atoms with Crippen LogP contribution in [0.3, 0.4) is 0 Å². The first-order chi connectivity index (χ1) is 14.9. The fraction of sp³-hybridized carbons (Fsp3) is 0.389. The summed E-state index contributed by atoms with van der Waals surface area (Å²) in [5.41, 5.74) is 6.53. The maximum Gasteiger partial charge on any atom is 0.266 e. The number of nitrogens with two attached hydrogens (primary N) is 1. The molecular weight excluding hydrogens is 520 g/mol. The van der Waals surface area contributed by atoms with Gasteiger partial charge in [-0.15, -0.1) is 5.10 Å². The summed E-state index contributed by atoms with van der Waals surface area (Å²) in [6, 6.07) is 0. The zero-order valence-electron chi connectivity index (χ0n) is 17.1. The van der Waals surface area contributed by atoms with Gasteiger partial charge in [-0.3, -0.25) is 9.48 Å². The number of aryl methyl sites for hydroxylation is 2. The highest BCUT2D eigenvalue weighted by Crippen LogP contribution is 2.31. The van der Waals surface area contributed by atoms with Crippen LogP contribution in [0.2, 0.25) is 0 Å². The molecule has 1 aliphatic heterocycles. The molecule has 0 aromatic carbocycles. The Morgan fingerprint density at radius 3 is 2.84 bits per heavy atom. The molecule has 1 unspecified atom stereocenters. The highest BCUT2D eigenvalue weighted by molar-refractivity contribution is 14.1. The van der Waals surface area contributed by atoms with E-state index in [1.807, 2.05) is 29.6 Å². The SMILES string of the molecule is C=CC(N)=O.CCn1cc(Nc2nc(N3CCC(F)C3)nc3c2ncn3C)c(OI)n1. The number of alkyl halides is 1. The molecule has 1 fully saturated rings. The Balaban J connectivity index is 0.000000491. The van der Waals surface area contributed by atoms with Crippen molar-refractivity contribution < 1.29 is 12.3 Å². The van der Waals surface area contributed by atoms with E-state index in [1.54, 1.807) is 34.0 Å². The first kappa shape index (κ1) is 22.7. The monoisotopic (exact) mass is 543 g/mol.